The Morgan fingerprint density at radius 1 is 1.30 bits per heavy atom. The third kappa shape index (κ3) is 3.64. The normalized spacial score (nSPS) is 24.8. The van der Waals surface area contributed by atoms with E-state index in [1.54, 1.807) is 11.4 Å². The molecule has 0 spiro atoms. The van der Waals surface area contributed by atoms with Gasteiger partial charge in [0.15, 0.2) is 0 Å². The first kappa shape index (κ1) is 16.5. The van der Waals surface area contributed by atoms with Crippen molar-refractivity contribution in [2.24, 2.45) is 11.3 Å². The molecule has 0 aliphatic heterocycles. The van der Waals surface area contributed by atoms with Crippen molar-refractivity contribution in [2.45, 2.75) is 56.7 Å². The molecule has 6 heteroatoms. The molecule has 1 N–H and O–H groups in total. The number of hydrogen-bond donors (Lipinski definition) is 1. The third-order valence-corrected chi connectivity index (χ3v) is 8.17. The Kier molecular flexibility index (Phi) is 4.99. The summed E-state index contributed by atoms with van der Waals surface area (Å²) in [6, 6.07) is 1.82. The molecule has 2 atom stereocenters. The fourth-order valence-corrected chi connectivity index (χ4v) is 6.70. The SMILES string of the molecule is CC(C)(C)C1CCCCC1NS(=O)(=O)c1sccc1Br. The van der Waals surface area contributed by atoms with Gasteiger partial charge in [-0.2, -0.15) is 0 Å². The Bertz CT molecular complexity index is 560. The van der Waals surface area contributed by atoms with Crippen molar-refractivity contribution < 1.29 is 8.42 Å². The van der Waals surface area contributed by atoms with Crippen molar-refractivity contribution in [3.63, 3.8) is 0 Å². The quantitative estimate of drug-likeness (QED) is 0.845. The van der Waals surface area contributed by atoms with Gasteiger partial charge in [0.05, 0.1) is 0 Å². The van der Waals surface area contributed by atoms with Gasteiger partial charge in [-0.25, -0.2) is 13.1 Å². The minimum atomic E-state index is -3.42. The average Bonchev–Trinajstić information content (AvgIpc) is 2.75. The number of hydrogen-bond acceptors (Lipinski definition) is 3. The van der Waals surface area contributed by atoms with Crippen molar-refractivity contribution in [3.8, 4) is 0 Å². The van der Waals surface area contributed by atoms with Crippen LogP contribution in [0.1, 0.15) is 46.5 Å². The fraction of sp³-hybridized carbons (Fsp3) is 0.714. The smallest absolute Gasteiger partial charge is 0.207 e. The molecule has 0 radical (unpaired) electrons. The maximum atomic E-state index is 12.5. The summed E-state index contributed by atoms with van der Waals surface area (Å²) in [5.74, 6) is 0.393. The second-order valence-corrected chi connectivity index (χ2v) is 10.2. The summed E-state index contributed by atoms with van der Waals surface area (Å²) in [4.78, 5) is 0. The first-order valence-corrected chi connectivity index (χ1v) is 10.1. The lowest BCUT2D eigenvalue weighted by atomic mass is 9.70. The zero-order valence-corrected chi connectivity index (χ0v) is 15.4. The maximum absolute atomic E-state index is 12.5. The summed E-state index contributed by atoms with van der Waals surface area (Å²) in [6.07, 6.45) is 4.33. The highest BCUT2D eigenvalue weighted by Gasteiger charge is 2.37. The van der Waals surface area contributed by atoms with E-state index >= 15 is 0 Å². The molecule has 1 aliphatic rings. The van der Waals surface area contributed by atoms with Crippen LogP contribution in [0.5, 0.6) is 0 Å². The summed E-state index contributed by atoms with van der Waals surface area (Å²) >= 11 is 4.57. The number of nitrogens with one attached hydrogen (secondary N) is 1. The first-order chi connectivity index (χ1) is 9.22. The van der Waals surface area contributed by atoms with Gasteiger partial charge in [-0.15, -0.1) is 11.3 Å². The summed E-state index contributed by atoms with van der Waals surface area (Å²) < 4.78 is 29.0. The van der Waals surface area contributed by atoms with Gasteiger partial charge >= 0.3 is 0 Å². The van der Waals surface area contributed by atoms with Crippen molar-refractivity contribution in [3.05, 3.63) is 15.9 Å². The highest BCUT2D eigenvalue weighted by atomic mass is 79.9. The Morgan fingerprint density at radius 3 is 2.50 bits per heavy atom. The number of sulfonamides is 1. The Morgan fingerprint density at radius 2 is 1.95 bits per heavy atom. The van der Waals surface area contributed by atoms with E-state index in [1.807, 2.05) is 0 Å². The van der Waals surface area contributed by atoms with E-state index in [4.69, 9.17) is 0 Å². The number of rotatable bonds is 3. The van der Waals surface area contributed by atoms with Crippen LogP contribution in [0.4, 0.5) is 0 Å². The summed E-state index contributed by atoms with van der Waals surface area (Å²) in [7, 11) is -3.42. The molecule has 2 unspecified atom stereocenters. The first-order valence-electron chi connectivity index (χ1n) is 6.97. The largest absolute Gasteiger partial charge is 0.251 e. The van der Waals surface area contributed by atoms with E-state index < -0.39 is 10.0 Å². The lowest BCUT2D eigenvalue weighted by Crippen LogP contribution is -2.46. The standard InChI is InChI=1S/C14H22BrNO2S2/c1-14(2,3)10-6-4-5-7-12(10)16-20(17,18)13-11(15)8-9-19-13/h8-10,12,16H,4-7H2,1-3H3. The summed E-state index contributed by atoms with van der Waals surface area (Å²) in [5.41, 5.74) is 0.125. The molecule has 1 saturated carbocycles. The molecule has 20 heavy (non-hydrogen) atoms. The van der Waals surface area contributed by atoms with Crippen LogP contribution in [-0.2, 0) is 10.0 Å². The topological polar surface area (TPSA) is 46.2 Å². The molecule has 1 aromatic heterocycles. The Balaban J connectivity index is 2.21. The van der Waals surface area contributed by atoms with E-state index in [2.05, 4.69) is 41.4 Å². The van der Waals surface area contributed by atoms with Gasteiger partial charge in [-0.3, -0.25) is 0 Å². The highest BCUT2D eigenvalue weighted by Crippen LogP contribution is 2.39. The second-order valence-electron chi connectivity index (χ2n) is 6.54. The Labute approximate surface area is 134 Å². The van der Waals surface area contributed by atoms with E-state index in [0.717, 1.165) is 19.3 Å². The molecule has 1 heterocycles. The average molecular weight is 380 g/mol. The molecule has 0 amide bonds. The molecule has 1 aliphatic carbocycles. The summed E-state index contributed by atoms with van der Waals surface area (Å²) in [6.45, 7) is 6.60. The molecule has 0 aromatic carbocycles. The Hall–Kier alpha value is 0.0900. The predicted molar refractivity (Wildman–Crippen MR) is 87.5 cm³/mol. The lowest BCUT2D eigenvalue weighted by Gasteiger charge is -2.40. The van der Waals surface area contributed by atoms with E-state index in [1.165, 1.54) is 17.8 Å². The van der Waals surface area contributed by atoms with Crippen LogP contribution in [0.3, 0.4) is 0 Å². The predicted octanol–water partition coefficient (Wildman–Crippen LogP) is 4.39. The fourth-order valence-electron chi connectivity index (χ4n) is 3.03. The maximum Gasteiger partial charge on any atom is 0.251 e. The molecule has 2 rings (SSSR count). The molecule has 1 aromatic rings. The van der Waals surface area contributed by atoms with Crippen molar-refractivity contribution in [2.75, 3.05) is 0 Å². The second kappa shape index (κ2) is 6.07. The van der Waals surface area contributed by atoms with Crippen LogP contribution < -0.4 is 4.72 Å². The number of thiophene rings is 1. The zero-order chi connectivity index (χ0) is 15.0. The van der Waals surface area contributed by atoms with Gasteiger partial charge in [0.25, 0.3) is 10.0 Å². The van der Waals surface area contributed by atoms with Crippen LogP contribution in [0, 0.1) is 11.3 Å². The third-order valence-electron chi connectivity index (χ3n) is 4.01. The minimum absolute atomic E-state index is 0.0442. The van der Waals surface area contributed by atoms with Gasteiger partial charge in [0.2, 0.25) is 0 Å². The zero-order valence-electron chi connectivity index (χ0n) is 12.1. The van der Waals surface area contributed by atoms with Gasteiger partial charge in [-0.1, -0.05) is 33.6 Å². The van der Waals surface area contributed by atoms with Gasteiger partial charge in [0.1, 0.15) is 4.21 Å². The molecule has 0 bridgehead atoms. The molecule has 114 valence electrons. The lowest BCUT2D eigenvalue weighted by molar-refractivity contribution is 0.144. The van der Waals surface area contributed by atoms with Crippen LogP contribution in [0.2, 0.25) is 0 Å². The molecular weight excluding hydrogens is 358 g/mol. The van der Waals surface area contributed by atoms with E-state index in [-0.39, 0.29) is 11.5 Å². The van der Waals surface area contributed by atoms with Gasteiger partial charge in [0, 0.05) is 10.5 Å². The molecule has 1 fully saturated rings. The van der Waals surface area contributed by atoms with Crippen LogP contribution in [0.25, 0.3) is 0 Å². The summed E-state index contributed by atoms with van der Waals surface area (Å²) in [5, 5.41) is 1.79. The minimum Gasteiger partial charge on any atom is -0.207 e. The van der Waals surface area contributed by atoms with Gasteiger partial charge < -0.3 is 0 Å². The van der Waals surface area contributed by atoms with E-state index in [0.29, 0.717) is 14.6 Å². The van der Waals surface area contributed by atoms with Crippen LogP contribution >= 0.6 is 27.3 Å². The number of halogens is 1. The van der Waals surface area contributed by atoms with E-state index in [9.17, 15) is 8.42 Å². The monoisotopic (exact) mass is 379 g/mol. The van der Waals surface area contributed by atoms with Crippen LogP contribution in [-0.4, -0.2) is 14.5 Å². The highest BCUT2D eigenvalue weighted by molar-refractivity contribution is 9.10. The van der Waals surface area contributed by atoms with Gasteiger partial charge in [-0.05, 0) is 51.6 Å². The molecular formula is C14H22BrNO2S2. The van der Waals surface area contributed by atoms with Crippen molar-refractivity contribution >= 4 is 37.3 Å². The van der Waals surface area contributed by atoms with Crippen molar-refractivity contribution in [1.29, 1.82) is 0 Å². The van der Waals surface area contributed by atoms with Crippen LogP contribution in [0.15, 0.2) is 20.1 Å². The molecule has 3 nitrogen and oxygen atoms in total. The molecule has 0 saturated heterocycles. The van der Waals surface area contributed by atoms with Crippen molar-refractivity contribution in [1.82, 2.24) is 4.72 Å².